The van der Waals surface area contributed by atoms with E-state index in [-0.39, 0.29) is 5.95 Å². The highest BCUT2D eigenvalue weighted by Gasteiger charge is 1.99. The van der Waals surface area contributed by atoms with Gasteiger partial charge in [0, 0.05) is 6.54 Å². The third kappa shape index (κ3) is 2.46. The van der Waals surface area contributed by atoms with Crippen LogP contribution in [0.25, 0.3) is 0 Å². The highest BCUT2D eigenvalue weighted by atomic mass is 16.5. The van der Waals surface area contributed by atoms with Crippen LogP contribution in [-0.2, 0) is 6.54 Å². The smallest absolute Gasteiger partial charge is 0.220 e. The molecule has 82 valence electrons. The van der Waals surface area contributed by atoms with E-state index in [0.717, 1.165) is 5.56 Å². The minimum atomic E-state index is 0.225. The van der Waals surface area contributed by atoms with Gasteiger partial charge in [-0.2, -0.15) is 0 Å². The molecule has 1 heterocycles. The molecule has 16 heavy (non-hydrogen) atoms. The number of hydrogen-bond donors (Lipinski definition) is 2. The third-order valence-electron chi connectivity index (χ3n) is 2.02. The highest BCUT2D eigenvalue weighted by Crippen LogP contribution is 2.20. The number of hydrogen-bond acceptors (Lipinski definition) is 5. The van der Waals surface area contributed by atoms with Gasteiger partial charge in [0.2, 0.25) is 5.95 Å². The van der Waals surface area contributed by atoms with E-state index in [2.05, 4.69) is 9.97 Å². The monoisotopic (exact) mass is 216 g/mol. The van der Waals surface area contributed by atoms with Gasteiger partial charge in [0.15, 0.2) is 5.75 Å². The summed E-state index contributed by atoms with van der Waals surface area (Å²) >= 11 is 0. The summed E-state index contributed by atoms with van der Waals surface area (Å²) in [6.45, 7) is 0.482. The summed E-state index contributed by atoms with van der Waals surface area (Å²) in [5, 5.41) is 0. The largest absolute Gasteiger partial charge is 0.454 e. The van der Waals surface area contributed by atoms with Crippen LogP contribution < -0.4 is 16.2 Å². The Morgan fingerprint density at radius 2 is 1.88 bits per heavy atom. The van der Waals surface area contributed by atoms with Crippen LogP contribution in [0.2, 0.25) is 0 Å². The Hall–Kier alpha value is -2.14. The predicted molar refractivity (Wildman–Crippen MR) is 60.9 cm³/mol. The van der Waals surface area contributed by atoms with Crippen LogP contribution in [0.5, 0.6) is 11.5 Å². The number of anilines is 1. The zero-order valence-corrected chi connectivity index (χ0v) is 8.63. The molecule has 0 radical (unpaired) electrons. The molecule has 0 saturated heterocycles. The van der Waals surface area contributed by atoms with Gasteiger partial charge in [-0.15, -0.1) is 0 Å². The molecule has 5 nitrogen and oxygen atoms in total. The van der Waals surface area contributed by atoms with Gasteiger partial charge in [-0.05, 0) is 17.7 Å². The van der Waals surface area contributed by atoms with Crippen molar-refractivity contribution in [2.75, 3.05) is 5.73 Å². The average Bonchev–Trinajstić information content (AvgIpc) is 2.32. The van der Waals surface area contributed by atoms with Gasteiger partial charge in [-0.1, -0.05) is 12.1 Å². The number of aromatic nitrogens is 2. The number of nitrogen functional groups attached to an aromatic ring is 1. The van der Waals surface area contributed by atoms with E-state index in [9.17, 15) is 0 Å². The number of benzene rings is 1. The highest BCUT2D eigenvalue weighted by molar-refractivity contribution is 5.33. The lowest BCUT2D eigenvalue weighted by atomic mass is 10.2. The van der Waals surface area contributed by atoms with Gasteiger partial charge >= 0.3 is 0 Å². The van der Waals surface area contributed by atoms with Crippen molar-refractivity contribution in [2.45, 2.75) is 6.54 Å². The van der Waals surface area contributed by atoms with Crippen LogP contribution in [0.15, 0.2) is 36.7 Å². The molecule has 2 aromatic rings. The van der Waals surface area contributed by atoms with E-state index >= 15 is 0 Å². The van der Waals surface area contributed by atoms with Crippen molar-refractivity contribution in [2.24, 2.45) is 5.73 Å². The fraction of sp³-hybridized carbons (Fsp3) is 0.0909. The lowest BCUT2D eigenvalue weighted by Gasteiger charge is -2.05. The van der Waals surface area contributed by atoms with Crippen LogP contribution in [0.3, 0.4) is 0 Å². The first-order valence-electron chi connectivity index (χ1n) is 4.82. The number of nitrogens with zero attached hydrogens (tertiary/aromatic N) is 2. The van der Waals surface area contributed by atoms with E-state index < -0.39 is 0 Å². The molecule has 0 aliphatic carbocycles. The minimum Gasteiger partial charge on any atom is -0.454 e. The van der Waals surface area contributed by atoms with Gasteiger partial charge in [0.05, 0.1) is 12.4 Å². The molecule has 0 spiro atoms. The van der Waals surface area contributed by atoms with Gasteiger partial charge in [-0.25, -0.2) is 9.97 Å². The van der Waals surface area contributed by atoms with Crippen molar-refractivity contribution in [3.63, 3.8) is 0 Å². The Kier molecular flexibility index (Phi) is 2.98. The van der Waals surface area contributed by atoms with E-state index in [1.54, 1.807) is 0 Å². The minimum absolute atomic E-state index is 0.225. The molecule has 1 aromatic carbocycles. The number of ether oxygens (including phenoxy) is 1. The summed E-state index contributed by atoms with van der Waals surface area (Å²) in [5.41, 5.74) is 11.9. The number of nitrogens with two attached hydrogens (primary N) is 2. The molecule has 0 atom stereocenters. The molecule has 0 aliphatic heterocycles. The summed E-state index contributed by atoms with van der Waals surface area (Å²) in [5.74, 6) is 1.47. The molecule has 1 aromatic heterocycles. The molecule has 5 heteroatoms. The lowest BCUT2D eigenvalue weighted by molar-refractivity contribution is 0.477. The Bertz CT molecular complexity index is 470. The summed E-state index contributed by atoms with van der Waals surface area (Å²) < 4.78 is 5.54. The second kappa shape index (κ2) is 4.59. The van der Waals surface area contributed by atoms with Gasteiger partial charge < -0.3 is 16.2 Å². The maximum Gasteiger partial charge on any atom is 0.220 e. The van der Waals surface area contributed by atoms with Gasteiger partial charge in [0.1, 0.15) is 5.75 Å². The van der Waals surface area contributed by atoms with Crippen LogP contribution >= 0.6 is 0 Å². The third-order valence-corrected chi connectivity index (χ3v) is 2.02. The topological polar surface area (TPSA) is 87.0 Å². The Morgan fingerprint density at radius 3 is 2.56 bits per heavy atom. The molecule has 0 unspecified atom stereocenters. The fourth-order valence-corrected chi connectivity index (χ4v) is 1.25. The fourth-order valence-electron chi connectivity index (χ4n) is 1.25. The van der Waals surface area contributed by atoms with Crippen molar-refractivity contribution >= 4 is 5.95 Å². The van der Waals surface area contributed by atoms with Crippen LogP contribution in [0, 0.1) is 0 Å². The second-order valence-corrected chi connectivity index (χ2v) is 3.23. The first-order chi connectivity index (χ1) is 7.78. The summed E-state index contributed by atoms with van der Waals surface area (Å²) in [4.78, 5) is 7.67. The average molecular weight is 216 g/mol. The van der Waals surface area contributed by atoms with Crippen molar-refractivity contribution in [1.82, 2.24) is 9.97 Å². The van der Waals surface area contributed by atoms with Crippen LogP contribution in [-0.4, -0.2) is 9.97 Å². The van der Waals surface area contributed by atoms with Crippen LogP contribution in [0.1, 0.15) is 5.56 Å². The molecule has 0 fully saturated rings. The van der Waals surface area contributed by atoms with Crippen molar-refractivity contribution in [3.8, 4) is 11.5 Å². The molecule has 0 amide bonds. The zero-order chi connectivity index (χ0) is 11.4. The Balaban J connectivity index is 2.16. The number of rotatable bonds is 3. The first-order valence-corrected chi connectivity index (χ1v) is 4.82. The standard InChI is InChI=1S/C11H12N4O/c12-5-8-2-1-3-9(4-8)16-10-6-14-11(13)15-7-10/h1-4,6-7H,5,12H2,(H2,13,14,15). The van der Waals surface area contributed by atoms with E-state index in [0.29, 0.717) is 18.0 Å². The molecular weight excluding hydrogens is 204 g/mol. The molecule has 0 bridgehead atoms. The quantitative estimate of drug-likeness (QED) is 0.807. The van der Waals surface area contributed by atoms with E-state index in [1.807, 2.05) is 24.3 Å². The molecule has 2 rings (SSSR count). The lowest BCUT2D eigenvalue weighted by Crippen LogP contribution is -1.97. The van der Waals surface area contributed by atoms with E-state index in [1.165, 1.54) is 12.4 Å². The van der Waals surface area contributed by atoms with Gasteiger partial charge in [0.25, 0.3) is 0 Å². The Labute approximate surface area is 93.1 Å². The second-order valence-electron chi connectivity index (χ2n) is 3.23. The molecular formula is C11H12N4O. The SMILES string of the molecule is NCc1cccc(Oc2cnc(N)nc2)c1. The van der Waals surface area contributed by atoms with Crippen molar-refractivity contribution < 1.29 is 4.74 Å². The normalized spacial score (nSPS) is 10.1. The summed E-state index contributed by atoms with van der Waals surface area (Å²) in [6.07, 6.45) is 3.05. The first kappa shape index (κ1) is 10.4. The molecule has 4 N–H and O–H groups in total. The molecule has 0 saturated carbocycles. The van der Waals surface area contributed by atoms with Crippen molar-refractivity contribution in [1.29, 1.82) is 0 Å². The van der Waals surface area contributed by atoms with Gasteiger partial charge in [-0.3, -0.25) is 0 Å². The maximum atomic E-state index is 5.54. The predicted octanol–water partition coefficient (Wildman–Crippen LogP) is 1.31. The maximum absolute atomic E-state index is 5.54. The summed E-state index contributed by atoms with van der Waals surface area (Å²) in [7, 11) is 0. The summed E-state index contributed by atoms with van der Waals surface area (Å²) in [6, 6.07) is 7.54. The van der Waals surface area contributed by atoms with E-state index in [4.69, 9.17) is 16.2 Å². The Morgan fingerprint density at radius 1 is 1.12 bits per heavy atom. The zero-order valence-electron chi connectivity index (χ0n) is 8.63. The van der Waals surface area contributed by atoms with Crippen molar-refractivity contribution in [3.05, 3.63) is 42.2 Å². The molecule has 0 aliphatic rings. The van der Waals surface area contributed by atoms with Crippen LogP contribution in [0.4, 0.5) is 5.95 Å².